The second-order valence-corrected chi connectivity index (χ2v) is 9.01. The topological polar surface area (TPSA) is 93.9 Å². The molecule has 8 nitrogen and oxygen atoms in total. The number of hydrogen-bond acceptors (Lipinski definition) is 6. The summed E-state index contributed by atoms with van der Waals surface area (Å²) in [6.45, 7) is 8.84. The van der Waals surface area contributed by atoms with Gasteiger partial charge in [0.1, 0.15) is 23.9 Å². The summed E-state index contributed by atoms with van der Waals surface area (Å²) in [7, 11) is 0. The Hall–Kier alpha value is -4.33. The van der Waals surface area contributed by atoms with E-state index in [1.54, 1.807) is 55.0 Å². The summed E-state index contributed by atoms with van der Waals surface area (Å²) >= 11 is 0. The highest BCUT2D eigenvalue weighted by atomic mass is 16.5. The maximum Gasteiger partial charge on any atom is 0.295 e. The summed E-state index contributed by atoms with van der Waals surface area (Å²) in [5, 5.41) is 11.3. The van der Waals surface area contributed by atoms with Crippen molar-refractivity contribution in [3.05, 3.63) is 96.6 Å². The molecule has 0 spiro atoms. The number of hydrogen-bond donors (Lipinski definition) is 1. The molecular formula is C29H31N3O5. The lowest BCUT2D eigenvalue weighted by Gasteiger charge is -2.25. The maximum atomic E-state index is 13.2. The predicted octanol–water partition coefficient (Wildman–Crippen LogP) is 4.75. The Labute approximate surface area is 216 Å². The van der Waals surface area contributed by atoms with Crippen molar-refractivity contribution in [2.45, 2.75) is 39.0 Å². The number of nitrogens with zero attached hydrogens (tertiary/aromatic N) is 3. The molecular weight excluding hydrogens is 470 g/mol. The van der Waals surface area contributed by atoms with Gasteiger partial charge in [-0.05, 0) is 62.2 Å². The minimum absolute atomic E-state index is 0.00512. The Bertz CT molecular complexity index is 1260. The summed E-state index contributed by atoms with van der Waals surface area (Å²) in [6.07, 6.45) is 7.52. The first-order chi connectivity index (χ1) is 17.9. The molecule has 0 unspecified atom stereocenters. The number of aromatic nitrogens is 2. The second-order valence-electron chi connectivity index (χ2n) is 9.01. The maximum absolute atomic E-state index is 13.2. The molecule has 192 valence electrons. The Kier molecular flexibility index (Phi) is 8.08. The first kappa shape index (κ1) is 25.8. The number of benzene rings is 2. The molecule has 3 aromatic rings. The van der Waals surface area contributed by atoms with Gasteiger partial charge in [-0.1, -0.05) is 24.8 Å². The molecule has 0 saturated carbocycles. The van der Waals surface area contributed by atoms with Crippen LogP contribution >= 0.6 is 0 Å². The average molecular weight is 502 g/mol. The lowest BCUT2D eigenvalue weighted by molar-refractivity contribution is -0.139. The van der Waals surface area contributed by atoms with E-state index >= 15 is 0 Å². The van der Waals surface area contributed by atoms with Crippen LogP contribution in [0, 0.1) is 0 Å². The highest BCUT2D eigenvalue weighted by molar-refractivity contribution is 6.46. The molecule has 1 amide bonds. The zero-order chi connectivity index (χ0) is 26.4. The fraction of sp³-hybridized carbons (Fsp3) is 0.276. The van der Waals surface area contributed by atoms with E-state index in [1.807, 2.05) is 36.7 Å². The van der Waals surface area contributed by atoms with Gasteiger partial charge < -0.3 is 24.0 Å². The number of aryl methyl sites for hydroxylation is 1. The molecule has 1 saturated heterocycles. The fourth-order valence-corrected chi connectivity index (χ4v) is 4.32. The SMILES string of the molecule is C=CCOc1ccc([C@H]2/C(=C(\O)c3ccc(OC(C)C)cc3)C(=O)C(=O)N2CCCn2ccnc2)cc1. The number of likely N-dealkylation sites (tertiary alicyclic amines) is 1. The van der Waals surface area contributed by atoms with E-state index in [1.165, 1.54) is 4.90 Å². The third-order valence-electron chi connectivity index (χ3n) is 5.98. The number of ketones is 1. The number of carbonyl (C=O) groups is 2. The van der Waals surface area contributed by atoms with E-state index in [9.17, 15) is 14.7 Å². The number of aliphatic hydroxyl groups is 1. The third-order valence-corrected chi connectivity index (χ3v) is 5.98. The second kappa shape index (κ2) is 11.6. The van der Waals surface area contributed by atoms with Crippen molar-refractivity contribution >= 4 is 17.4 Å². The molecule has 4 rings (SSSR count). The standard InChI is InChI=1S/C29H31N3O5/c1-4-18-36-23-10-6-21(7-11-23)26-25(27(33)22-8-12-24(13-9-22)37-20(2)3)28(34)29(35)32(26)16-5-15-31-17-14-30-19-31/h4,6-14,17,19-20,26,33H,1,5,15-16,18H2,2-3H3/b27-25+/t26-/m0/s1. The fourth-order valence-electron chi connectivity index (χ4n) is 4.32. The van der Waals surface area contributed by atoms with Crippen molar-refractivity contribution in [3.8, 4) is 11.5 Å². The largest absolute Gasteiger partial charge is 0.507 e. The van der Waals surface area contributed by atoms with Gasteiger partial charge in [-0.2, -0.15) is 0 Å². The summed E-state index contributed by atoms with van der Waals surface area (Å²) in [5.41, 5.74) is 1.20. The van der Waals surface area contributed by atoms with Crippen molar-refractivity contribution in [1.29, 1.82) is 0 Å². The van der Waals surface area contributed by atoms with Crippen LogP contribution in [0.15, 0.2) is 85.5 Å². The van der Waals surface area contributed by atoms with E-state index in [4.69, 9.17) is 9.47 Å². The molecule has 2 aromatic carbocycles. The van der Waals surface area contributed by atoms with E-state index in [0.717, 1.165) is 0 Å². The van der Waals surface area contributed by atoms with Crippen LogP contribution in [0.1, 0.15) is 37.4 Å². The lowest BCUT2D eigenvalue weighted by Crippen LogP contribution is -2.31. The van der Waals surface area contributed by atoms with Crippen LogP contribution in [0.5, 0.6) is 11.5 Å². The van der Waals surface area contributed by atoms with E-state index in [0.29, 0.717) is 48.7 Å². The summed E-state index contributed by atoms with van der Waals surface area (Å²) in [4.78, 5) is 32.0. The predicted molar refractivity (Wildman–Crippen MR) is 140 cm³/mol. The van der Waals surface area contributed by atoms with Crippen LogP contribution in [0.3, 0.4) is 0 Å². The summed E-state index contributed by atoms with van der Waals surface area (Å²) in [5.74, 6) is -0.272. The molecule has 8 heteroatoms. The normalized spacial score (nSPS) is 16.8. The molecule has 1 N–H and O–H groups in total. The van der Waals surface area contributed by atoms with Gasteiger partial charge in [0.05, 0.1) is 24.0 Å². The molecule has 0 aliphatic carbocycles. The molecule has 1 fully saturated rings. The molecule has 1 aromatic heterocycles. The Morgan fingerprint density at radius 3 is 2.41 bits per heavy atom. The molecule has 1 aliphatic heterocycles. The van der Waals surface area contributed by atoms with Gasteiger partial charge in [0.2, 0.25) is 0 Å². The first-order valence-corrected chi connectivity index (χ1v) is 12.2. The third kappa shape index (κ3) is 5.91. The van der Waals surface area contributed by atoms with Gasteiger partial charge >= 0.3 is 0 Å². The van der Waals surface area contributed by atoms with E-state index < -0.39 is 17.7 Å². The number of amides is 1. The summed E-state index contributed by atoms with van der Waals surface area (Å²) in [6, 6.07) is 13.3. The number of rotatable bonds is 11. The molecule has 2 heterocycles. The zero-order valence-corrected chi connectivity index (χ0v) is 21.0. The minimum atomic E-state index is -0.733. The van der Waals surface area contributed by atoms with Crippen molar-refractivity contribution in [3.63, 3.8) is 0 Å². The molecule has 0 bridgehead atoms. The van der Waals surface area contributed by atoms with Crippen molar-refractivity contribution < 1.29 is 24.2 Å². The Balaban J connectivity index is 1.68. The van der Waals surface area contributed by atoms with Crippen LogP contribution < -0.4 is 9.47 Å². The highest BCUT2D eigenvalue weighted by Crippen LogP contribution is 2.40. The number of ether oxygens (including phenoxy) is 2. The van der Waals surface area contributed by atoms with E-state index in [-0.39, 0.29) is 17.4 Å². The quantitative estimate of drug-likeness (QED) is 0.176. The molecule has 0 radical (unpaired) electrons. The molecule has 37 heavy (non-hydrogen) atoms. The van der Waals surface area contributed by atoms with Gasteiger partial charge in [-0.15, -0.1) is 0 Å². The van der Waals surface area contributed by atoms with Gasteiger partial charge in [0.25, 0.3) is 11.7 Å². The van der Waals surface area contributed by atoms with Gasteiger partial charge in [-0.3, -0.25) is 9.59 Å². The smallest absolute Gasteiger partial charge is 0.295 e. The first-order valence-electron chi connectivity index (χ1n) is 12.2. The number of aliphatic hydroxyl groups excluding tert-OH is 1. The van der Waals surface area contributed by atoms with Gasteiger partial charge in [-0.25, -0.2) is 4.98 Å². The van der Waals surface area contributed by atoms with Crippen LogP contribution in [0.2, 0.25) is 0 Å². The van der Waals surface area contributed by atoms with Crippen LogP contribution in [-0.2, 0) is 16.1 Å². The number of Topliss-reactive ketones (excluding diaryl/α,β-unsaturated/α-hetero) is 1. The zero-order valence-electron chi connectivity index (χ0n) is 21.0. The van der Waals surface area contributed by atoms with Crippen molar-refractivity contribution in [2.24, 2.45) is 0 Å². The van der Waals surface area contributed by atoms with Crippen LogP contribution in [-0.4, -0.2) is 50.5 Å². The number of carbonyl (C=O) groups excluding carboxylic acids is 2. The van der Waals surface area contributed by atoms with Crippen LogP contribution in [0.4, 0.5) is 0 Å². The van der Waals surface area contributed by atoms with Gasteiger partial charge in [0, 0.05) is 31.0 Å². The summed E-state index contributed by atoms with van der Waals surface area (Å²) < 4.78 is 13.2. The lowest BCUT2D eigenvalue weighted by atomic mass is 9.95. The Morgan fingerprint density at radius 1 is 1.08 bits per heavy atom. The van der Waals surface area contributed by atoms with Crippen molar-refractivity contribution in [2.75, 3.05) is 13.2 Å². The molecule has 1 atom stereocenters. The number of imidazole rings is 1. The van der Waals surface area contributed by atoms with E-state index in [2.05, 4.69) is 11.6 Å². The van der Waals surface area contributed by atoms with Crippen molar-refractivity contribution in [1.82, 2.24) is 14.5 Å². The minimum Gasteiger partial charge on any atom is -0.507 e. The average Bonchev–Trinajstić information content (AvgIpc) is 3.50. The Morgan fingerprint density at radius 2 is 1.78 bits per heavy atom. The monoisotopic (exact) mass is 501 g/mol. The van der Waals surface area contributed by atoms with Gasteiger partial charge in [0.15, 0.2) is 0 Å². The van der Waals surface area contributed by atoms with Crippen LogP contribution in [0.25, 0.3) is 5.76 Å². The molecule has 1 aliphatic rings. The highest BCUT2D eigenvalue weighted by Gasteiger charge is 2.45.